The highest BCUT2D eigenvalue weighted by atomic mass is 35.5. The Morgan fingerprint density at radius 2 is 1.55 bits per heavy atom. The standard InChI is InChI=1S/C29H30Cl2N6O2S/c30-23-18-24(31)25(34-21-9-11-35(12-10-21)26-6-2-1-5-20(26)19-32)17-22(23)29(38)37-15-13-36(14-16-37)27-7-3-4-8-28(27)40(33)39/h1-8,17-18,21,34H,9-16,33H2. The molecule has 2 fully saturated rings. The van der Waals surface area contributed by atoms with Crippen molar-refractivity contribution in [1.82, 2.24) is 4.90 Å². The summed E-state index contributed by atoms with van der Waals surface area (Å²) in [6.45, 7) is 3.77. The van der Waals surface area contributed by atoms with Gasteiger partial charge < -0.3 is 24.6 Å². The number of amides is 1. The Morgan fingerprint density at radius 3 is 2.23 bits per heavy atom. The Kier molecular flexibility index (Phi) is 8.94. The molecule has 8 nitrogen and oxygen atoms in total. The van der Waals surface area contributed by atoms with Gasteiger partial charge in [-0.2, -0.15) is 5.26 Å². The molecule has 11 heteroatoms. The number of piperazine rings is 1. The molecule has 0 aromatic heterocycles. The molecule has 2 aliphatic heterocycles. The molecule has 0 bridgehead atoms. The number of hydrogen-bond donors (Lipinski definition) is 2. The molecule has 0 saturated carbocycles. The molecular formula is C29H30Cl2N6O2S. The fraction of sp³-hybridized carbons (Fsp3) is 0.310. The van der Waals surface area contributed by atoms with Crippen LogP contribution < -0.4 is 20.3 Å². The second-order valence-corrected chi connectivity index (χ2v) is 11.7. The highest BCUT2D eigenvalue weighted by Crippen LogP contribution is 2.33. The van der Waals surface area contributed by atoms with Crippen LogP contribution in [0.1, 0.15) is 28.8 Å². The largest absolute Gasteiger partial charge is 0.593 e. The molecule has 3 aromatic carbocycles. The molecule has 0 aliphatic carbocycles. The minimum Gasteiger partial charge on any atom is -0.593 e. The van der Waals surface area contributed by atoms with E-state index in [0.29, 0.717) is 57.9 Å². The summed E-state index contributed by atoms with van der Waals surface area (Å²) in [7, 11) is 0. The monoisotopic (exact) mass is 596 g/mol. The van der Waals surface area contributed by atoms with Gasteiger partial charge in [0.1, 0.15) is 6.07 Å². The van der Waals surface area contributed by atoms with Gasteiger partial charge in [-0.3, -0.25) is 4.79 Å². The van der Waals surface area contributed by atoms with E-state index in [2.05, 4.69) is 21.2 Å². The Labute approximate surface area is 247 Å². The Balaban J connectivity index is 1.23. The van der Waals surface area contributed by atoms with Gasteiger partial charge in [0.05, 0.1) is 49.6 Å². The number of halogens is 2. The summed E-state index contributed by atoms with van der Waals surface area (Å²) in [6, 6.07) is 20.8. The summed E-state index contributed by atoms with van der Waals surface area (Å²) in [5, 5.41) is 19.4. The van der Waals surface area contributed by atoms with E-state index in [9.17, 15) is 14.6 Å². The van der Waals surface area contributed by atoms with Crippen molar-refractivity contribution in [1.29, 1.82) is 5.26 Å². The molecule has 3 N–H and O–H groups in total. The zero-order chi connectivity index (χ0) is 28.2. The number of carbonyl (C=O) groups excluding carboxylic acids is 1. The number of nitrogens with zero attached hydrogens (tertiary/aromatic N) is 4. The van der Waals surface area contributed by atoms with Crippen molar-refractivity contribution >= 4 is 57.5 Å². The highest BCUT2D eigenvalue weighted by Gasteiger charge is 2.28. The van der Waals surface area contributed by atoms with Crippen molar-refractivity contribution < 1.29 is 9.35 Å². The lowest BCUT2D eigenvalue weighted by atomic mass is 10.0. The second-order valence-electron chi connectivity index (χ2n) is 9.89. The third-order valence-electron chi connectivity index (χ3n) is 7.50. The Bertz CT molecular complexity index is 1420. The predicted molar refractivity (Wildman–Crippen MR) is 162 cm³/mol. The van der Waals surface area contributed by atoms with Crippen LogP contribution in [0.15, 0.2) is 65.6 Å². The molecule has 1 unspecified atom stereocenters. The molecule has 1 atom stereocenters. The zero-order valence-electron chi connectivity index (χ0n) is 21.9. The van der Waals surface area contributed by atoms with E-state index in [1.165, 1.54) is 0 Å². The minimum absolute atomic E-state index is 0.150. The quantitative estimate of drug-likeness (QED) is 0.390. The molecular weight excluding hydrogens is 567 g/mol. The first-order valence-corrected chi connectivity index (χ1v) is 15.1. The van der Waals surface area contributed by atoms with E-state index in [0.717, 1.165) is 37.3 Å². The molecule has 1 amide bonds. The number of rotatable bonds is 6. The number of hydrogen-bond acceptors (Lipinski definition) is 7. The number of nitrogens with two attached hydrogens (primary N) is 1. The first-order valence-electron chi connectivity index (χ1n) is 13.1. The van der Waals surface area contributed by atoms with Gasteiger partial charge in [0.2, 0.25) is 0 Å². The van der Waals surface area contributed by atoms with E-state index < -0.39 is 11.4 Å². The third kappa shape index (κ3) is 6.12. The Morgan fingerprint density at radius 1 is 0.925 bits per heavy atom. The van der Waals surface area contributed by atoms with Crippen LogP contribution in [0.3, 0.4) is 0 Å². The zero-order valence-corrected chi connectivity index (χ0v) is 24.2. The first-order chi connectivity index (χ1) is 19.4. The summed E-state index contributed by atoms with van der Waals surface area (Å²) >= 11 is 11.5. The first kappa shape index (κ1) is 28.4. The number of para-hydroxylation sites is 2. The van der Waals surface area contributed by atoms with Gasteiger partial charge in [-0.05, 0) is 49.2 Å². The number of nitrogens with one attached hydrogen (secondary N) is 1. The molecule has 2 saturated heterocycles. The summed E-state index contributed by atoms with van der Waals surface area (Å²) in [5.41, 5.74) is 3.56. The van der Waals surface area contributed by atoms with Crippen molar-refractivity contribution in [3.05, 3.63) is 81.8 Å². The van der Waals surface area contributed by atoms with Crippen molar-refractivity contribution in [2.45, 2.75) is 23.8 Å². The van der Waals surface area contributed by atoms with Gasteiger partial charge in [0, 0.05) is 45.3 Å². The smallest absolute Gasteiger partial charge is 0.255 e. The molecule has 0 radical (unpaired) electrons. The summed E-state index contributed by atoms with van der Waals surface area (Å²) in [6.07, 6.45) is 1.72. The van der Waals surface area contributed by atoms with Crippen LogP contribution in [0.4, 0.5) is 17.1 Å². The summed E-state index contributed by atoms with van der Waals surface area (Å²) in [4.78, 5) is 20.2. The number of piperidine rings is 1. The normalized spacial score (nSPS) is 16.9. The molecule has 2 aliphatic rings. The number of carbonyl (C=O) groups is 1. The van der Waals surface area contributed by atoms with Crippen molar-refractivity contribution in [2.75, 3.05) is 54.4 Å². The van der Waals surface area contributed by atoms with Crippen LogP contribution in [-0.2, 0) is 11.4 Å². The van der Waals surface area contributed by atoms with Crippen LogP contribution in [-0.4, -0.2) is 60.7 Å². The minimum atomic E-state index is -1.59. The molecule has 40 heavy (non-hydrogen) atoms. The average Bonchev–Trinajstić information content (AvgIpc) is 2.98. The topological polar surface area (TPSA) is 112 Å². The number of nitriles is 1. The maximum atomic E-state index is 13.5. The van der Waals surface area contributed by atoms with Crippen molar-refractivity contribution in [3.8, 4) is 6.07 Å². The van der Waals surface area contributed by atoms with E-state index in [-0.39, 0.29) is 11.9 Å². The molecule has 208 valence electrons. The number of benzene rings is 3. The highest BCUT2D eigenvalue weighted by molar-refractivity contribution is 7.89. The van der Waals surface area contributed by atoms with Crippen LogP contribution in [0.2, 0.25) is 10.0 Å². The summed E-state index contributed by atoms with van der Waals surface area (Å²) in [5.74, 6) is -0.150. The van der Waals surface area contributed by atoms with E-state index in [4.69, 9.17) is 28.3 Å². The maximum absolute atomic E-state index is 13.5. The molecule has 5 rings (SSSR count). The lowest BCUT2D eigenvalue weighted by Crippen LogP contribution is -2.49. The van der Waals surface area contributed by atoms with E-state index >= 15 is 0 Å². The van der Waals surface area contributed by atoms with Gasteiger partial charge in [-0.25, -0.2) is 0 Å². The van der Waals surface area contributed by atoms with Gasteiger partial charge in [-0.1, -0.05) is 47.5 Å². The van der Waals surface area contributed by atoms with Gasteiger partial charge in [-0.15, -0.1) is 5.14 Å². The lowest BCUT2D eigenvalue weighted by Gasteiger charge is -2.36. The number of anilines is 3. The molecule has 3 aromatic rings. The predicted octanol–water partition coefficient (Wildman–Crippen LogP) is 4.89. The maximum Gasteiger partial charge on any atom is 0.255 e. The van der Waals surface area contributed by atoms with Crippen molar-refractivity contribution in [3.63, 3.8) is 0 Å². The van der Waals surface area contributed by atoms with Crippen LogP contribution in [0.5, 0.6) is 0 Å². The molecule has 0 spiro atoms. The van der Waals surface area contributed by atoms with Crippen LogP contribution in [0.25, 0.3) is 0 Å². The van der Waals surface area contributed by atoms with Crippen molar-refractivity contribution in [2.24, 2.45) is 5.14 Å². The van der Waals surface area contributed by atoms with E-state index in [1.807, 2.05) is 42.5 Å². The van der Waals surface area contributed by atoms with E-state index in [1.54, 1.807) is 23.1 Å². The van der Waals surface area contributed by atoms with Gasteiger partial charge >= 0.3 is 0 Å². The second kappa shape index (κ2) is 12.6. The fourth-order valence-corrected chi connectivity index (χ4v) is 6.50. The van der Waals surface area contributed by atoms with Gasteiger partial charge in [0.25, 0.3) is 5.91 Å². The fourth-order valence-electron chi connectivity index (χ4n) is 5.36. The molecule has 2 heterocycles. The third-order valence-corrected chi connectivity index (χ3v) is 8.90. The lowest BCUT2D eigenvalue weighted by molar-refractivity contribution is 0.0747. The van der Waals surface area contributed by atoms with Gasteiger partial charge in [0.15, 0.2) is 4.90 Å². The average molecular weight is 598 g/mol. The van der Waals surface area contributed by atoms with Crippen LogP contribution >= 0.6 is 23.2 Å². The summed E-state index contributed by atoms with van der Waals surface area (Å²) < 4.78 is 12.0. The Hall–Kier alpha value is -3.13. The SMILES string of the molecule is N#Cc1ccccc1N1CCC(Nc2cc(C(=O)N3CCN(c4ccccc4[S+](N)[O-])CC3)c(Cl)cc2Cl)CC1. The van der Waals surface area contributed by atoms with Crippen LogP contribution in [0, 0.1) is 11.3 Å².